The number of hydrogen-bond acceptors (Lipinski definition) is 1. The lowest BCUT2D eigenvalue weighted by Gasteiger charge is -1.88. The molecular weight excluding hydrogens is 278 g/mol. The van der Waals surface area contributed by atoms with Crippen molar-refractivity contribution in [2.45, 2.75) is 58.3 Å². The van der Waals surface area contributed by atoms with Crippen molar-refractivity contribution in [2.24, 2.45) is 5.73 Å². The summed E-state index contributed by atoms with van der Waals surface area (Å²) in [4.78, 5) is 0. The molecule has 1 heteroatoms. The van der Waals surface area contributed by atoms with E-state index in [1.165, 1.54) is 0 Å². The Kier molecular flexibility index (Phi) is 19.0. The molecule has 0 heterocycles. The quantitative estimate of drug-likeness (QED) is 0.290. The molecule has 0 atom stereocenters. The monoisotopic (exact) mass is 313 g/mol. The third-order valence-corrected chi connectivity index (χ3v) is 3.17. The van der Waals surface area contributed by atoms with E-state index in [1.54, 1.807) is 0 Å². The van der Waals surface area contributed by atoms with Gasteiger partial charge < -0.3 is 5.73 Å². The van der Waals surface area contributed by atoms with Gasteiger partial charge in [0.2, 0.25) is 0 Å². The molecule has 128 valence electrons. The summed E-state index contributed by atoms with van der Waals surface area (Å²) in [6.45, 7) is 2.94. The van der Waals surface area contributed by atoms with Gasteiger partial charge in [-0.25, -0.2) is 0 Å². The summed E-state index contributed by atoms with van der Waals surface area (Å²) in [5.41, 5.74) is 5.44. The molecule has 0 aliphatic rings. The summed E-state index contributed by atoms with van der Waals surface area (Å²) in [5, 5.41) is 0. The fourth-order valence-corrected chi connectivity index (χ4v) is 1.88. The first-order valence-corrected chi connectivity index (χ1v) is 9.01. The van der Waals surface area contributed by atoms with Crippen molar-refractivity contribution in [1.29, 1.82) is 0 Å². The van der Waals surface area contributed by atoms with Crippen molar-refractivity contribution in [3.8, 4) is 0 Å². The Labute approximate surface area is 144 Å². The maximum Gasteiger partial charge on any atom is -0.00743 e. The van der Waals surface area contributed by atoms with E-state index >= 15 is 0 Å². The molecule has 0 saturated heterocycles. The second kappa shape index (κ2) is 20.4. The lowest BCUT2D eigenvalue weighted by atomic mass is 10.2. The van der Waals surface area contributed by atoms with Crippen LogP contribution in [0.2, 0.25) is 0 Å². The second-order valence-electron chi connectivity index (χ2n) is 5.35. The van der Waals surface area contributed by atoms with Crippen LogP contribution in [0, 0.1) is 0 Å². The predicted molar refractivity (Wildman–Crippen MR) is 107 cm³/mol. The minimum atomic E-state index is 0.784. The molecule has 0 aliphatic heterocycles. The zero-order valence-corrected chi connectivity index (χ0v) is 14.9. The molecule has 2 N–H and O–H groups in total. The fraction of sp³-hybridized carbons (Fsp3) is 0.455. The molecule has 0 aromatic heterocycles. The summed E-state index contributed by atoms with van der Waals surface area (Å²) < 4.78 is 0. The van der Waals surface area contributed by atoms with Crippen LogP contribution in [0.1, 0.15) is 58.3 Å². The highest BCUT2D eigenvalue weighted by molar-refractivity contribution is 5.01. The highest BCUT2D eigenvalue weighted by atomic mass is 14.5. The first-order chi connectivity index (χ1) is 11.4. The Morgan fingerprint density at radius 1 is 0.522 bits per heavy atom. The summed E-state index contributed by atoms with van der Waals surface area (Å²) in [6, 6.07) is 0. The van der Waals surface area contributed by atoms with Gasteiger partial charge in [0.1, 0.15) is 0 Å². The molecule has 0 fully saturated rings. The van der Waals surface area contributed by atoms with Gasteiger partial charge in [-0.2, -0.15) is 0 Å². The Hall–Kier alpha value is -1.60. The Morgan fingerprint density at radius 3 is 1.22 bits per heavy atom. The van der Waals surface area contributed by atoms with Crippen LogP contribution in [-0.4, -0.2) is 6.54 Å². The van der Waals surface area contributed by atoms with Crippen LogP contribution in [0.25, 0.3) is 0 Å². The highest BCUT2D eigenvalue weighted by Gasteiger charge is 1.77. The highest BCUT2D eigenvalue weighted by Crippen LogP contribution is 1.97. The van der Waals surface area contributed by atoms with Gasteiger partial charge in [-0.1, -0.05) is 79.8 Å². The van der Waals surface area contributed by atoms with Crippen LogP contribution in [0.3, 0.4) is 0 Å². The first-order valence-electron chi connectivity index (χ1n) is 9.01. The number of hydrogen-bond donors (Lipinski definition) is 1. The molecule has 0 saturated carbocycles. The smallest absolute Gasteiger partial charge is 0.00743 e. The van der Waals surface area contributed by atoms with Crippen LogP contribution in [-0.2, 0) is 0 Å². The van der Waals surface area contributed by atoms with Crippen LogP contribution < -0.4 is 5.73 Å². The summed E-state index contributed by atoms with van der Waals surface area (Å²) in [5.74, 6) is 0. The topological polar surface area (TPSA) is 26.0 Å². The molecule has 0 radical (unpaired) electrons. The van der Waals surface area contributed by atoms with E-state index in [1.807, 2.05) is 0 Å². The van der Waals surface area contributed by atoms with Crippen LogP contribution in [0.4, 0.5) is 0 Å². The number of nitrogens with two attached hydrogens (primary N) is 1. The number of unbranched alkanes of at least 4 members (excludes halogenated alkanes) is 1. The van der Waals surface area contributed by atoms with Gasteiger partial charge in [-0.15, -0.1) is 0 Å². The van der Waals surface area contributed by atoms with Crippen molar-refractivity contribution in [3.05, 3.63) is 72.9 Å². The van der Waals surface area contributed by atoms with Gasteiger partial charge in [0, 0.05) is 0 Å². The third-order valence-electron chi connectivity index (χ3n) is 3.17. The molecule has 0 amide bonds. The second-order valence-corrected chi connectivity index (χ2v) is 5.35. The van der Waals surface area contributed by atoms with Gasteiger partial charge in [0.25, 0.3) is 0 Å². The standard InChI is InChI=1S/C22H35N/c1-2-3-4-5-6-7-8-9-10-11-12-13-14-15-16-17-18-19-20-21-22-23/h3-4,6-7,9-10,12-13,15-16,18-19H,2,5,8,11,14,17,20-23H2,1H3/b4-3-,7-6-,10-9-,13-12-,16-15-,19-18-. The van der Waals surface area contributed by atoms with E-state index in [4.69, 9.17) is 5.73 Å². The molecule has 0 aliphatic carbocycles. The van der Waals surface area contributed by atoms with E-state index in [0.717, 1.165) is 57.9 Å². The van der Waals surface area contributed by atoms with Gasteiger partial charge in [-0.05, 0) is 57.9 Å². The van der Waals surface area contributed by atoms with E-state index in [9.17, 15) is 0 Å². The van der Waals surface area contributed by atoms with E-state index < -0.39 is 0 Å². The van der Waals surface area contributed by atoms with E-state index in [2.05, 4.69) is 79.8 Å². The van der Waals surface area contributed by atoms with Crippen molar-refractivity contribution in [1.82, 2.24) is 0 Å². The van der Waals surface area contributed by atoms with Gasteiger partial charge >= 0.3 is 0 Å². The van der Waals surface area contributed by atoms with Crippen LogP contribution >= 0.6 is 0 Å². The minimum Gasteiger partial charge on any atom is -0.330 e. The summed E-state index contributed by atoms with van der Waals surface area (Å²) >= 11 is 0. The van der Waals surface area contributed by atoms with Crippen molar-refractivity contribution < 1.29 is 0 Å². The molecule has 0 bridgehead atoms. The molecule has 0 aromatic carbocycles. The van der Waals surface area contributed by atoms with Crippen LogP contribution in [0.5, 0.6) is 0 Å². The molecule has 0 aromatic rings. The lowest BCUT2D eigenvalue weighted by Crippen LogP contribution is -1.96. The number of allylic oxidation sites excluding steroid dienone is 12. The number of rotatable bonds is 14. The zero-order chi connectivity index (χ0) is 16.8. The molecule has 0 spiro atoms. The van der Waals surface area contributed by atoms with Crippen molar-refractivity contribution in [2.75, 3.05) is 6.54 Å². The summed E-state index contributed by atoms with van der Waals surface area (Å²) in [7, 11) is 0. The van der Waals surface area contributed by atoms with Crippen LogP contribution in [0.15, 0.2) is 72.9 Å². The average molecular weight is 314 g/mol. The molecule has 0 rings (SSSR count). The minimum absolute atomic E-state index is 0.784. The van der Waals surface area contributed by atoms with E-state index in [0.29, 0.717) is 0 Å². The Bertz CT molecular complexity index is 394. The molecule has 23 heavy (non-hydrogen) atoms. The SMILES string of the molecule is CC/C=C\C/C=C\C/C=C\C/C=C\C/C=C\C/C=C\CCCN. The first kappa shape index (κ1) is 21.4. The predicted octanol–water partition coefficient (Wildman–Crippen LogP) is 6.42. The third kappa shape index (κ3) is 20.4. The normalized spacial score (nSPS) is 13.3. The molecular formula is C22H35N. The van der Waals surface area contributed by atoms with Gasteiger partial charge in [0.05, 0.1) is 0 Å². The van der Waals surface area contributed by atoms with Crippen molar-refractivity contribution >= 4 is 0 Å². The Morgan fingerprint density at radius 2 is 0.870 bits per heavy atom. The lowest BCUT2D eigenvalue weighted by molar-refractivity contribution is 0.853. The maximum atomic E-state index is 5.44. The zero-order valence-electron chi connectivity index (χ0n) is 14.9. The average Bonchev–Trinajstić information content (AvgIpc) is 2.57. The summed E-state index contributed by atoms with van der Waals surface area (Å²) in [6.07, 6.45) is 35.1. The fourth-order valence-electron chi connectivity index (χ4n) is 1.88. The van der Waals surface area contributed by atoms with Gasteiger partial charge in [0.15, 0.2) is 0 Å². The molecule has 0 unspecified atom stereocenters. The van der Waals surface area contributed by atoms with Gasteiger partial charge in [-0.3, -0.25) is 0 Å². The largest absolute Gasteiger partial charge is 0.330 e. The van der Waals surface area contributed by atoms with Crippen molar-refractivity contribution in [3.63, 3.8) is 0 Å². The Balaban J connectivity index is 3.47. The molecule has 1 nitrogen and oxygen atoms in total. The van der Waals surface area contributed by atoms with E-state index in [-0.39, 0.29) is 0 Å². The maximum absolute atomic E-state index is 5.44.